The van der Waals surface area contributed by atoms with Crippen LogP contribution in [0, 0.1) is 17.3 Å². The highest BCUT2D eigenvalue weighted by Crippen LogP contribution is 2.66. The lowest BCUT2D eigenvalue weighted by atomic mass is 9.90. The number of carbonyl (C=O) groups excluding carboxylic acids is 1. The lowest BCUT2D eigenvalue weighted by Gasteiger charge is -2.15. The van der Waals surface area contributed by atoms with Crippen LogP contribution in [-0.2, 0) is 4.79 Å². The molecule has 3 atom stereocenters. The second kappa shape index (κ2) is 5.62. The maximum atomic E-state index is 12.4. The van der Waals surface area contributed by atoms with Crippen LogP contribution in [0.5, 0.6) is 5.75 Å². The van der Waals surface area contributed by atoms with Crippen molar-refractivity contribution in [3.63, 3.8) is 0 Å². The molecule has 2 aromatic rings. The van der Waals surface area contributed by atoms with Crippen molar-refractivity contribution >= 4 is 22.9 Å². The molecule has 4 heteroatoms. The summed E-state index contributed by atoms with van der Waals surface area (Å²) in [5, 5.41) is 16.2. The predicted molar refractivity (Wildman–Crippen MR) is 94.9 cm³/mol. The number of aromatic hydroxyl groups is 1. The first-order valence-electron chi connectivity index (χ1n) is 8.65. The van der Waals surface area contributed by atoms with E-state index in [9.17, 15) is 9.90 Å². The number of carbonyl (C=O) groups is 1. The summed E-state index contributed by atoms with van der Waals surface area (Å²) in [7, 11) is 0. The summed E-state index contributed by atoms with van der Waals surface area (Å²) >= 11 is 0. The Balaban J connectivity index is 1.51. The Morgan fingerprint density at radius 2 is 2.12 bits per heavy atom. The van der Waals surface area contributed by atoms with Crippen molar-refractivity contribution in [2.24, 2.45) is 22.4 Å². The second-order valence-corrected chi connectivity index (χ2v) is 7.29. The molecule has 0 heterocycles. The van der Waals surface area contributed by atoms with Gasteiger partial charge in [-0.2, -0.15) is 5.10 Å². The number of benzene rings is 2. The predicted octanol–water partition coefficient (Wildman–Crippen LogP) is 3.82. The van der Waals surface area contributed by atoms with Gasteiger partial charge in [0.2, 0.25) is 5.91 Å². The van der Waals surface area contributed by atoms with Crippen molar-refractivity contribution in [2.45, 2.75) is 32.6 Å². The number of nitrogens with zero attached hydrogens (tertiary/aromatic N) is 1. The Hall–Kier alpha value is -2.36. The molecule has 2 N–H and O–H groups in total. The number of amides is 1. The molecule has 0 radical (unpaired) electrons. The second-order valence-electron chi connectivity index (χ2n) is 7.29. The molecular weight excluding hydrogens is 300 g/mol. The highest BCUT2D eigenvalue weighted by molar-refractivity contribution is 6.02. The van der Waals surface area contributed by atoms with E-state index >= 15 is 0 Å². The molecule has 0 saturated heterocycles. The lowest BCUT2D eigenvalue weighted by Crippen LogP contribution is -2.22. The SMILES string of the molecule is C[C@]12CCCC[C@@H]1[C@H]2C(=O)N/N=C\c1c(O)ccc2ccccc12. The molecule has 24 heavy (non-hydrogen) atoms. The van der Waals surface area contributed by atoms with Crippen LogP contribution in [0.15, 0.2) is 41.5 Å². The van der Waals surface area contributed by atoms with Gasteiger partial charge in [0.1, 0.15) is 5.75 Å². The van der Waals surface area contributed by atoms with Gasteiger partial charge in [-0.25, -0.2) is 5.43 Å². The molecular formula is C20H22N2O2. The fourth-order valence-electron chi connectivity index (χ4n) is 4.50. The van der Waals surface area contributed by atoms with Crippen molar-refractivity contribution in [3.8, 4) is 5.75 Å². The van der Waals surface area contributed by atoms with Crippen molar-refractivity contribution in [1.82, 2.24) is 5.43 Å². The summed E-state index contributed by atoms with van der Waals surface area (Å²) in [4.78, 5) is 12.4. The molecule has 124 valence electrons. The van der Waals surface area contributed by atoms with E-state index in [2.05, 4.69) is 17.5 Å². The molecule has 2 saturated carbocycles. The minimum Gasteiger partial charge on any atom is -0.507 e. The zero-order chi connectivity index (χ0) is 16.7. The number of nitrogens with one attached hydrogen (secondary N) is 1. The molecule has 0 aromatic heterocycles. The number of fused-ring (bicyclic) bond motifs is 2. The minimum atomic E-state index is 0.0142. The number of hydrazone groups is 1. The van der Waals surface area contributed by atoms with Crippen LogP contribution >= 0.6 is 0 Å². The first-order valence-corrected chi connectivity index (χ1v) is 8.65. The van der Waals surface area contributed by atoms with Crippen LogP contribution in [0.2, 0.25) is 0 Å². The summed E-state index contributed by atoms with van der Waals surface area (Å²) in [6.07, 6.45) is 6.30. The molecule has 2 aliphatic carbocycles. The summed E-state index contributed by atoms with van der Waals surface area (Å²) in [6, 6.07) is 11.3. The zero-order valence-electron chi connectivity index (χ0n) is 13.8. The summed E-state index contributed by atoms with van der Waals surface area (Å²) in [5.74, 6) is 0.796. The van der Waals surface area contributed by atoms with Gasteiger partial charge in [0.05, 0.1) is 6.21 Å². The molecule has 2 fully saturated rings. The van der Waals surface area contributed by atoms with Gasteiger partial charge in [0.15, 0.2) is 0 Å². The largest absolute Gasteiger partial charge is 0.507 e. The van der Waals surface area contributed by atoms with E-state index < -0.39 is 0 Å². The molecule has 2 aromatic carbocycles. The molecule has 0 spiro atoms. The minimum absolute atomic E-state index is 0.0142. The van der Waals surface area contributed by atoms with Gasteiger partial charge in [-0.15, -0.1) is 0 Å². The Morgan fingerprint density at radius 3 is 2.92 bits per heavy atom. The van der Waals surface area contributed by atoms with Crippen molar-refractivity contribution < 1.29 is 9.90 Å². The van der Waals surface area contributed by atoms with Crippen LogP contribution in [-0.4, -0.2) is 17.2 Å². The quantitative estimate of drug-likeness (QED) is 0.666. The number of phenols is 1. The van der Waals surface area contributed by atoms with Crippen LogP contribution in [0.3, 0.4) is 0 Å². The van der Waals surface area contributed by atoms with E-state index in [1.807, 2.05) is 30.3 Å². The normalized spacial score (nSPS) is 28.7. The molecule has 0 unspecified atom stereocenters. The van der Waals surface area contributed by atoms with Crippen molar-refractivity contribution in [2.75, 3.05) is 0 Å². The molecule has 4 nitrogen and oxygen atoms in total. The van der Waals surface area contributed by atoms with E-state index in [0.717, 1.165) is 23.6 Å². The van der Waals surface area contributed by atoms with Gasteiger partial charge < -0.3 is 5.11 Å². The standard InChI is InChI=1S/C20H22N2O2/c1-20-11-5-4-8-16(20)18(20)19(24)22-21-12-15-14-7-3-2-6-13(14)9-10-17(15)23/h2-3,6-7,9-10,12,16,18,23H,4-5,8,11H2,1H3,(H,22,24)/b21-12-/t16-,18+,20+/m1/s1. The lowest BCUT2D eigenvalue weighted by molar-refractivity contribution is -0.123. The average Bonchev–Trinajstić information content (AvgIpc) is 3.22. The molecule has 0 aliphatic heterocycles. The fourth-order valence-corrected chi connectivity index (χ4v) is 4.50. The number of rotatable bonds is 3. The van der Waals surface area contributed by atoms with E-state index in [0.29, 0.717) is 11.5 Å². The highest BCUT2D eigenvalue weighted by Gasteiger charge is 2.64. The van der Waals surface area contributed by atoms with Gasteiger partial charge in [-0.3, -0.25) is 4.79 Å². The van der Waals surface area contributed by atoms with Gasteiger partial charge in [0, 0.05) is 11.5 Å². The van der Waals surface area contributed by atoms with E-state index in [-0.39, 0.29) is 23.0 Å². The third-order valence-electron chi connectivity index (χ3n) is 5.93. The first-order chi connectivity index (χ1) is 11.6. The first kappa shape index (κ1) is 15.2. The maximum absolute atomic E-state index is 12.4. The summed E-state index contributed by atoms with van der Waals surface area (Å²) in [5.41, 5.74) is 3.50. The van der Waals surface area contributed by atoms with E-state index in [1.54, 1.807) is 12.3 Å². The van der Waals surface area contributed by atoms with Gasteiger partial charge >= 0.3 is 0 Å². The number of hydrogen-bond acceptors (Lipinski definition) is 3. The third-order valence-corrected chi connectivity index (χ3v) is 5.93. The van der Waals surface area contributed by atoms with Gasteiger partial charge in [0.25, 0.3) is 0 Å². The van der Waals surface area contributed by atoms with Crippen LogP contribution in [0.1, 0.15) is 38.2 Å². The van der Waals surface area contributed by atoms with Gasteiger partial charge in [-0.05, 0) is 41.0 Å². The zero-order valence-corrected chi connectivity index (χ0v) is 13.8. The Morgan fingerprint density at radius 1 is 1.29 bits per heavy atom. The van der Waals surface area contributed by atoms with Crippen molar-refractivity contribution in [3.05, 3.63) is 42.0 Å². The van der Waals surface area contributed by atoms with Gasteiger partial charge in [-0.1, -0.05) is 50.1 Å². The van der Waals surface area contributed by atoms with E-state index in [4.69, 9.17) is 0 Å². The fraction of sp³-hybridized carbons (Fsp3) is 0.400. The van der Waals surface area contributed by atoms with Crippen LogP contribution < -0.4 is 5.43 Å². The monoisotopic (exact) mass is 322 g/mol. The molecule has 0 bridgehead atoms. The summed E-state index contributed by atoms with van der Waals surface area (Å²) in [6.45, 7) is 2.22. The Bertz CT molecular complexity index is 829. The Kier molecular flexibility index (Phi) is 3.56. The molecule has 4 rings (SSSR count). The van der Waals surface area contributed by atoms with Crippen LogP contribution in [0.25, 0.3) is 10.8 Å². The summed E-state index contributed by atoms with van der Waals surface area (Å²) < 4.78 is 0. The average molecular weight is 322 g/mol. The molecule has 2 aliphatic rings. The highest BCUT2D eigenvalue weighted by atomic mass is 16.3. The smallest absolute Gasteiger partial charge is 0.244 e. The topological polar surface area (TPSA) is 61.7 Å². The Labute approximate surface area is 141 Å². The van der Waals surface area contributed by atoms with Crippen LogP contribution in [0.4, 0.5) is 0 Å². The number of hydrogen-bond donors (Lipinski definition) is 2. The molecule has 1 amide bonds. The maximum Gasteiger partial charge on any atom is 0.244 e. The third kappa shape index (κ3) is 2.37. The number of phenolic OH excluding ortho intramolecular Hbond substituents is 1. The van der Waals surface area contributed by atoms with Crippen molar-refractivity contribution in [1.29, 1.82) is 0 Å². The van der Waals surface area contributed by atoms with E-state index in [1.165, 1.54) is 12.8 Å².